The Kier molecular flexibility index (Phi) is 7.45. The summed E-state index contributed by atoms with van der Waals surface area (Å²) in [6, 6.07) is 14.4. The molecule has 5 nitrogen and oxygen atoms in total. The van der Waals surface area contributed by atoms with E-state index < -0.39 is 0 Å². The molecule has 28 heavy (non-hydrogen) atoms. The highest BCUT2D eigenvalue weighted by atomic mass is 32.2. The van der Waals surface area contributed by atoms with Gasteiger partial charge in [-0.2, -0.15) is 5.10 Å². The van der Waals surface area contributed by atoms with Crippen molar-refractivity contribution in [2.24, 2.45) is 5.10 Å². The van der Waals surface area contributed by atoms with E-state index in [1.54, 1.807) is 12.1 Å². The molecule has 0 spiro atoms. The lowest BCUT2D eigenvalue weighted by Crippen LogP contribution is -2.36. The highest BCUT2D eigenvalue weighted by Gasteiger charge is 2.11. The second-order valence-corrected chi connectivity index (χ2v) is 7.60. The van der Waals surface area contributed by atoms with Crippen LogP contribution in [0.2, 0.25) is 0 Å². The van der Waals surface area contributed by atoms with E-state index in [4.69, 9.17) is 4.74 Å². The lowest BCUT2D eigenvalue weighted by Gasteiger charge is -2.28. The van der Waals surface area contributed by atoms with E-state index in [2.05, 4.69) is 27.6 Å². The molecule has 0 saturated carbocycles. The van der Waals surface area contributed by atoms with Crippen LogP contribution in [0.3, 0.4) is 0 Å². The van der Waals surface area contributed by atoms with Gasteiger partial charge in [0.15, 0.2) is 0 Å². The van der Waals surface area contributed by atoms with Crippen molar-refractivity contribution in [3.05, 3.63) is 59.9 Å². The summed E-state index contributed by atoms with van der Waals surface area (Å²) in [5, 5.41) is 4.20. The summed E-state index contributed by atoms with van der Waals surface area (Å²) in [5.41, 5.74) is 5.50. The number of hydrogen-bond donors (Lipinski definition) is 1. The third kappa shape index (κ3) is 6.07. The van der Waals surface area contributed by atoms with E-state index in [0.717, 1.165) is 42.5 Å². The molecule has 1 N–H and O–H groups in total. The van der Waals surface area contributed by atoms with Crippen LogP contribution in [0.15, 0.2) is 58.5 Å². The standard InChI is InChI=1S/C21H24FN3O2S/c1-16(17-2-6-19(7-3-17)25-11-13-27-14-12-25)23-24-21(26)10-15-28-20-8-4-18(22)5-9-20/h2-9H,10-15H2,1H3,(H,24,26)/b23-16-. The number of rotatable bonds is 7. The molecule has 1 fully saturated rings. The van der Waals surface area contributed by atoms with Gasteiger partial charge in [-0.15, -0.1) is 11.8 Å². The van der Waals surface area contributed by atoms with Crippen molar-refractivity contribution in [1.29, 1.82) is 0 Å². The van der Waals surface area contributed by atoms with Gasteiger partial charge in [-0.25, -0.2) is 9.82 Å². The smallest absolute Gasteiger partial charge is 0.240 e. The summed E-state index contributed by atoms with van der Waals surface area (Å²) in [6.45, 7) is 5.19. The van der Waals surface area contributed by atoms with Crippen molar-refractivity contribution in [3.8, 4) is 0 Å². The van der Waals surface area contributed by atoms with E-state index in [1.807, 2.05) is 19.1 Å². The molecule has 0 aliphatic carbocycles. The van der Waals surface area contributed by atoms with Crippen molar-refractivity contribution in [3.63, 3.8) is 0 Å². The van der Waals surface area contributed by atoms with E-state index >= 15 is 0 Å². The molecule has 1 aliphatic heterocycles. The van der Waals surface area contributed by atoms with Crippen molar-refractivity contribution < 1.29 is 13.9 Å². The highest BCUT2D eigenvalue weighted by molar-refractivity contribution is 7.99. The molecule has 148 valence electrons. The van der Waals surface area contributed by atoms with E-state index in [9.17, 15) is 9.18 Å². The van der Waals surface area contributed by atoms with Crippen molar-refractivity contribution in [1.82, 2.24) is 5.43 Å². The normalized spacial score (nSPS) is 14.8. The van der Waals surface area contributed by atoms with Gasteiger partial charge in [0.25, 0.3) is 0 Å². The molecule has 3 rings (SSSR count). The number of nitrogens with one attached hydrogen (secondary N) is 1. The average Bonchev–Trinajstić information content (AvgIpc) is 2.74. The number of halogens is 1. The molecular weight excluding hydrogens is 377 g/mol. The third-order valence-corrected chi connectivity index (χ3v) is 5.43. The van der Waals surface area contributed by atoms with Crippen molar-refractivity contribution >= 4 is 29.1 Å². The molecule has 1 saturated heterocycles. The first kappa shape index (κ1) is 20.4. The first-order chi connectivity index (χ1) is 13.6. The molecule has 1 heterocycles. The van der Waals surface area contributed by atoms with Crippen LogP contribution in [0.5, 0.6) is 0 Å². The number of anilines is 1. The molecule has 0 bridgehead atoms. The summed E-state index contributed by atoms with van der Waals surface area (Å²) < 4.78 is 18.3. The fourth-order valence-electron chi connectivity index (χ4n) is 2.79. The minimum Gasteiger partial charge on any atom is -0.378 e. The number of amides is 1. The molecule has 2 aromatic carbocycles. The number of carbonyl (C=O) groups is 1. The Balaban J connectivity index is 1.45. The largest absolute Gasteiger partial charge is 0.378 e. The maximum atomic E-state index is 12.9. The second-order valence-electron chi connectivity index (χ2n) is 6.43. The number of carbonyl (C=O) groups excluding carboxylic acids is 1. The highest BCUT2D eigenvalue weighted by Crippen LogP contribution is 2.19. The Labute approximate surface area is 169 Å². The molecule has 7 heteroatoms. The quantitative estimate of drug-likeness (QED) is 0.437. The fraction of sp³-hybridized carbons (Fsp3) is 0.333. The molecule has 0 atom stereocenters. The van der Waals surface area contributed by atoms with Crippen LogP contribution in [0.25, 0.3) is 0 Å². The van der Waals surface area contributed by atoms with Gasteiger partial charge in [-0.3, -0.25) is 4.79 Å². The van der Waals surface area contributed by atoms with Gasteiger partial charge in [0, 0.05) is 35.8 Å². The number of ether oxygens (including phenoxy) is 1. The zero-order chi connectivity index (χ0) is 19.8. The number of hydrogen-bond acceptors (Lipinski definition) is 5. The maximum absolute atomic E-state index is 12.9. The van der Waals surface area contributed by atoms with E-state index in [1.165, 1.54) is 29.6 Å². The Bertz CT molecular complexity index is 803. The molecular formula is C21H24FN3O2S. The predicted octanol–water partition coefficient (Wildman–Crippen LogP) is 3.68. The molecule has 2 aromatic rings. The zero-order valence-corrected chi connectivity index (χ0v) is 16.7. The minimum atomic E-state index is -0.259. The Morgan fingerprint density at radius 2 is 1.82 bits per heavy atom. The number of morpholine rings is 1. The average molecular weight is 402 g/mol. The van der Waals surface area contributed by atoms with E-state index in [-0.39, 0.29) is 11.7 Å². The Morgan fingerprint density at radius 3 is 2.50 bits per heavy atom. The van der Waals surface area contributed by atoms with Crippen LogP contribution in [0.1, 0.15) is 18.9 Å². The van der Waals surface area contributed by atoms with Gasteiger partial charge in [0.2, 0.25) is 5.91 Å². The third-order valence-electron chi connectivity index (χ3n) is 4.42. The first-order valence-electron chi connectivity index (χ1n) is 9.26. The van der Waals surface area contributed by atoms with Crippen LogP contribution < -0.4 is 10.3 Å². The van der Waals surface area contributed by atoms with Gasteiger partial charge in [0.1, 0.15) is 5.82 Å². The lowest BCUT2D eigenvalue weighted by atomic mass is 10.1. The van der Waals surface area contributed by atoms with Gasteiger partial charge in [-0.05, 0) is 48.9 Å². The van der Waals surface area contributed by atoms with E-state index in [0.29, 0.717) is 12.2 Å². The van der Waals surface area contributed by atoms with Crippen LogP contribution in [0, 0.1) is 5.82 Å². The number of hydrazone groups is 1. The van der Waals surface area contributed by atoms with Crippen LogP contribution in [-0.4, -0.2) is 43.7 Å². The molecule has 1 aliphatic rings. The summed E-state index contributed by atoms with van der Waals surface area (Å²) in [7, 11) is 0. The van der Waals surface area contributed by atoms with Gasteiger partial charge < -0.3 is 9.64 Å². The van der Waals surface area contributed by atoms with Gasteiger partial charge in [-0.1, -0.05) is 12.1 Å². The summed E-state index contributed by atoms with van der Waals surface area (Å²) in [6.07, 6.45) is 0.342. The van der Waals surface area contributed by atoms with Crippen molar-refractivity contribution in [2.75, 3.05) is 37.0 Å². The Hall–Kier alpha value is -2.38. The summed E-state index contributed by atoms with van der Waals surface area (Å²) in [4.78, 5) is 15.2. The molecule has 1 amide bonds. The minimum absolute atomic E-state index is 0.140. The molecule has 0 unspecified atom stereocenters. The molecule has 0 radical (unpaired) electrons. The predicted molar refractivity (Wildman–Crippen MR) is 112 cm³/mol. The topological polar surface area (TPSA) is 53.9 Å². The lowest BCUT2D eigenvalue weighted by molar-refractivity contribution is -0.120. The second kappa shape index (κ2) is 10.2. The zero-order valence-electron chi connectivity index (χ0n) is 15.9. The van der Waals surface area contributed by atoms with Crippen molar-refractivity contribution in [2.45, 2.75) is 18.2 Å². The maximum Gasteiger partial charge on any atom is 0.240 e. The summed E-state index contributed by atoms with van der Waals surface area (Å²) >= 11 is 1.51. The molecule has 0 aromatic heterocycles. The summed E-state index contributed by atoms with van der Waals surface area (Å²) in [5.74, 6) is 0.212. The number of nitrogens with zero attached hydrogens (tertiary/aromatic N) is 2. The first-order valence-corrected chi connectivity index (χ1v) is 10.2. The number of thioether (sulfide) groups is 1. The fourth-order valence-corrected chi connectivity index (χ4v) is 3.65. The monoisotopic (exact) mass is 401 g/mol. The number of benzene rings is 2. The van der Waals surface area contributed by atoms with Crippen LogP contribution >= 0.6 is 11.8 Å². The van der Waals surface area contributed by atoms with Crippen LogP contribution in [0.4, 0.5) is 10.1 Å². The van der Waals surface area contributed by atoms with Gasteiger partial charge in [0.05, 0.1) is 18.9 Å². The SMILES string of the molecule is C/C(=N/NC(=O)CCSc1ccc(F)cc1)c1ccc(N2CCOCC2)cc1. The Morgan fingerprint density at radius 1 is 1.14 bits per heavy atom. The van der Waals surface area contributed by atoms with Gasteiger partial charge >= 0.3 is 0 Å². The van der Waals surface area contributed by atoms with Crippen LogP contribution in [-0.2, 0) is 9.53 Å².